The first-order valence-corrected chi connectivity index (χ1v) is 6.94. The van der Waals surface area contributed by atoms with Gasteiger partial charge >= 0.3 is 0 Å². The van der Waals surface area contributed by atoms with Crippen LogP contribution in [-0.2, 0) is 6.54 Å². The molecule has 0 saturated heterocycles. The Bertz CT molecular complexity index is 497. The predicted molar refractivity (Wildman–Crippen MR) is 81.7 cm³/mol. The number of pyridine rings is 1. The average Bonchev–Trinajstić information content (AvgIpc) is 2.47. The fourth-order valence-corrected chi connectivity index (χ4v) is 1.89. The van der Waals surface area contributed by atoms with Crippen LogP contribution in [0.15, 0.2) is 54.7 Å². The van der Waals surface area contributed by atoms with Crippen LogP contribution in [0.3, 0.4) is 0 Å². The van der Waals surface area contributed by atoms with Gasteiger partial charge in [0.05, 0.1) is 6.61 Å². The molecule has 0 radical (unpaired) electrons. The Balaban J connectivity index is 1.73. The molecule has 1 N–H and O–H groups in total. The molecule has 3 nitrogen and oxygen atoms in total. The lowest BCUT2D eigenvalue weighted by Crippen LogP contribution is -2.34. The van der Waals surface area contributed by atoms with Gasteiger partial charge in [0.2, 0.25) is 5.88 Å². The summed E-state index contributed by atoms with van der Waals surface area (Å²) >= 11 is 0. The van der Waals surface area contributed by atoms with Gasteiger partial charge in [-0.2, -0.15) is 0 Å². The Morgan fingerprint density at radius 1 is 1.05 bits per heavy atom. The lowest BCUT2D eigenvalue weighted by Gasteiger charge is -2.25. The summed E-state index contributed by atoms with van der Waals surface area (Å²) in [6.07, 6.45) is 1.75. The van der Waals surface area contributed by atoms with E-state index in [2.05, 4.69) is 48.4 Å². The van der Waals surface area contributed by atoms with Gasteiger partial charge in [-0.25, -0.2) is 4.98 Å². The van der Waals surface area contributed by atoms with Gasteiger partial charge in [0.25, 0.3) is 0 Å². The second-order valence-electron chi connectivity index (χ2n) is 5.71. The summed E-state index contributed by atoms with van der Waals surface area (Å²) in [5.74, 6) is 0.684. The van der Waals surface area contributed by atoms with Crippen molar-refractivity contribution in [1.82, 2.24) is 10.3 Å². The molecule has 0 amide bonds. The standard InChI is InChI=1S/C17H22N2O/c1-17(2,14-20-16-10-6-7-11-19-16)13-18-12-15-8-4-3-5-9-15/h3-11,18H,12-14H2,1-2H3. The van der Waals surface area contributed by atoms with Gasteiger partial charge in [-0.3, -0.25) is 0 Å². The quantitative estimate of drug-likeness (QED) is 0.838. The fourth-order valence-electron chi connectivity index (χ4n) is 1.89. The van der Waals surface area contributed by atoms with E-state index in [-0.39, 0.29) is 5.41 Å². The molecule has 0 aliphatic heterocycles. The van der Waals surface area contributed by atoms with Crippen LogP contribution in [0.2, 0.25) is 0 Å². The molecule has 20 heavy (non-hydrogen) atoms. The summed E-state index contributed by atoms with van der Waals surface area (Å²) in [6, 6.07) is 16.1. The molecule has 1 heterocycles. The summed E-state index contributed by atoms with van der Waals surface area (Å²) in [5, 5.41) is 3.48. The van der Waals surface area contributed by atoms with Crippen molar-refractivity contribution in [1.29, 1.82) is 0 Å². The molecule has 1 aromatic heterocycles. The number of ether oxygens (including phenoxy) is 1. The van der Waals surface area contributed by atoms with Crippen molar-refractivity contribution in [3.05, 3.63) is 60.3 Å². The maximum Gasteiger partial charge on any atom is 0.213 e. The number of hydrogen-bond acceptors (Lipinski definition) is 3. The van der Waals surface area contributed by atoms with Gasteiger partial charge in [-0.15, -0.1) is 0 Å². The van der Waals surface area contributed by atoms with Crippen LogP contribution < -0.4 is 10.1 Å². The monoisotopic (exact) mass is 270 g/mol. The van der Waals surface area contributed by atoms with Gasteiger partial charge < -0.3 is 10.1 Å². The maximum atomic E-state index is 5.72. The van der Waals surface area contributed by atoms with Crippen molar-refractivity contribution >= 4 is 0 Å². The van der Waals surface area contributed by atoms with Crippen molar-refractivity contribution in [2.45, 2.75) is 20.4 Å². The summed E-state index contributed by atoms with van der Waals surface area (Å²) in [6.45, 7) is 6.80. The Morgan fingerprint density at radius 2 is 1.80 bits per heavy atom. The SMILES string of the molecule is CC(C)(CNCc1ccccc1)COc1ccccn1. The molecule has 0 fully saturated rings. The molecule has 2 aromatic rings. The summed E-state index contributed by atoms with van der Waals surface area (Å²) < 4.78 is 5.72. The third-order valence-electron chi connectivity index (χ3n) is 3.02. The van der Waals surface area contributed by atoms with E-state index in [0.29, 0.717) is 12.5 Å². The summed E-state index contributed by atoms with van der Waals surface area (Å²) in [7, 11) is 0. The molecule has 106 valence electrons. The van der Waals surface area contributed by atoms with Gasteiger partial charge in [0.15, 0.2) is 0 Å². The predicted octanol–water partition coefficient (Wildman–Crippen LogP) is 3.28. The van der Waals surface area contributed by atoms with Gasteiger partial charge in [0, 0.05) is 30.8 Å². The van der Waals surface area contributed by atoms with E-state index in [1.165, 1.54) is 5.56 Å². The highest BCUT2D eigenvalue weighted by Crippen LogP contribution is 2.16. The Kier molecular flexibility index (Phi) is 5.13. The van der Waals surface area contributed by atoms with Gasteiger partial charge in [0.1, 0.15) is 0 Å². The van der Waals surface area contributed by atoms with E-state index in [1.807, 2.05) is 24.3 Å². The van der Waals surface area contributed by atoms with Gasteiger partial charge in [-0.05, 0) is 11.6 Å². The third kappa shape index (κ3) is 5.02. The molecular weight excluding hydrogens is 248 g/mol. The highest BCUT2D eigenvalue weighted by atomic mass is 16.5. The number of aromatic nitrogens is 1. The molecule has 0 aliphatic rings. The number of benzene rings is 1. The normalized spacial score (nSPS) is 11.3. The Morgan fingerprint density at radius 3 is 2.50 bits per heavy atom. The smallest absolute Gasteiger partial charge is 0.213 e. The average molecular weight is 270 g/mol. The minimum Gasteiger partial charge on any atom is -0.477 e. The van der Waals surface area contributed by atoms with Crippen LogP contribution in [0.5, 0.6) is 5.88 Å². The lowest BCUT2D eigenvalue weighted by atomic mass is 9.95. The molecular formula is C17H22N2O. The van der Waals surface area contributed by atoms with Crippen molar-refractivity contribution in [2.75, 3.05) is 13.2 Å². The lowest BCUT2D eigenvalue weighted by molar-refractivity contribution is 0.170. The third-order valence-corrected chi connectivity index (χ3v) is 3.02. The molecule has 0 atom stereocenters. The van der Waals surface area contributed by atoms with Crippen LogP contribution in [-0.4, -0.2) is 18.1 Å². The second kappa shape index (κ2) is 7.06. The summed E-state index contributed by atoms with van der Waals surface area (Å²) in [5.41, 5.74) is 1.36. The van der Waals surface area contributed by atoms with E-state index in [0.717, 1.165) is 13.1 Å². The highest BCUT2D eigenvalue weighted by molar-refractivity contribution is 5.14. The number of nitrogens with zero attached hydrogens (tertiary/aromatic N) is 1. The maximum absolute atomic E-state index is 5.72. The Hall–Kier alpha value is -1.87. The number of hydrogen-bond donors (Lipinski definition) is 1. The first kappa shape index (κ1) is 14.5. The van der Waals surface area contributed by atoms with Gasteiger partial charge in [-0.1, -0.05) is 50.2 Å². The van der Waals surface area contributed by atoms with E-state index in [9.17, 15) is 0 Å². The molecule has 2 rings (SSSR count). The first-order valence-electron chi connectivity index (χ1n) is 6.94. The van der Waals surface area contributed by atoms with Crippen molar-refractivity contribution in [3.8, 4) is 5.88 Å². The molecule has 0 aliphatic carbocycles. The van der Waals surface area contributed by atoms with Crippen LogP contribution in [0.4, 0.5) is 0 Å². The zero-order valence-electron chi connectivity index (χ0n) is 12.2. The van der Waals surface area contributed by atoms with E-state index >= 15 is 0 Å². The van der Waals surface area contributed by atoms with Crippen LogP contribution >= 0.6 is 0 Å². The zero-order valence-corrected chi connectivity index (χ0v) is 12.2. The van der Waals surface area contributed by atoms with Crippen LogP contribution in [0.25, 0.3) is 0 Å². The van der Waals surface area contributed by atoms with Crippen molar-refractivity contribution < 1.29 is 4.74 Å². The zero-order chi connectivity index (χ0) is 14.3. The molecule has 3 heteroatoms. The highest BCUT2D eigenvalue weighted by Gasteiger charge is 2.18. The van der Waals surface area contributed by atoms with Crippen LogP contribution in [0, 0.1) is 5.41 Å². The Labute approximate surface area is 121 Å². The molecule has 0 bridgehead atoms. The topological polar surface area (TPSA) is 34.1 Å². The minimum absolute atomic E-state index is 0.0618. The molecule has 1 aromatic carbocycles. The van der Waals surface area contributed by atoms with E-state index in [4.69, 9.17) is 4.74 Å². The van der Waals surface area contributed by atoms with Crippen molar-refractivity contribution in [2.24, 2.45) is 5.41 Å². The minimum atomic E-state index is 0.0618. The fraction of sp³-hybridized carbons (Fsp3) is 0.353. The van der Waals surface area contributed by atoms with Crippen LogP contribution in [0.1, 0.15) is 19.4 Å². The largest absolute Gasteiger partial charge is 0.477 e. The first-order chi connectivity index (χ1) is 9.66. The molecule has 0 saturated carbocycles. The van der Waals surface area contributed by atoms with E-state index in [1.54, 1.807) is 6.20 Å². The number of nitrogens with one attached hydrogen (secondary N) is 1. The van der Waals surface area contributed by atoms with Crippen molar-refractivity contribution in [3.63, 3.8) is 0 Å². The molecule has 0 spiro atoms. The summed E-state index contributed by atoms with van der Waals surface area (Å²) in [4.78, 5) is 4.17. The van der Waals surface area contributed by atoms with E-state index < -0.39 is 0 Å². The number of rotatable bonds is 7. The second-order valence-corrected chi connectivity index (χ2v) is 5.71. The molecule has 0 unspecified atom stereocenters.